The zero-order valence-electron chi connectivity index (χ0n) is 15.8. The van der Waals surface area contributed by atoms with E-state index in [0.29, 0.717) is 42.7 Å². The number of hydrogen-bond donors (Lipinski definition) is 1. The molecule has 0 bridgehead atoms. The number of carbonyl (C=O) groups is 1. The van der Waals surface area contributed by atoms with E-state index in [1.165, 1.54) is 12.1 Å². The second-order valence-electron chi connectivity index (χ2n) is 6.31. The quantitative estimate of drug-likeness (QED) is 0.288. The number of nitrogens with zero attached hydrogens (tertiary/aromatic N) is 1. The molecule has 0 heterocycles. The van der Waals surface area contributed by atoms with E-state index in [0.717, 1.165) is 0 Å². The number of carbonyl (C=O) groups excluding carboxylic acids is 1. The van der Waals surface area contributed by atoms with Crippen LogP contribution in [0.3, 0.4) is 0 Å². The Labute approximate surface area is 199 Å². The molecule has 0 aromatic heterocycles. The summed E-state index contributed by atoms with van der Waals surface area (Å²) in [7, 11) is 0. The van der Waals surface area contributed by atoms with Crippen molar-refractivity contribution in [1.82, 2.24) is 0 Å². The molecule has 0 saturated heterocycles. The number of ether oxygens (including phenoxy) is 1. The van der Waals surface area contributed by atoms with Gasteiger partial charge in [-0.05, 0) is 54.1 Å². The number of rotatable bonds is 6. The van der Waals surface area contributed by atoms with Gasteiger partial charge in [0.1, 0.15) is 24.0 Å². The van der Waals surface area contributed by atoms with Crippen molar-refractivity contribution in [2.24, 2.45) is 0 Å². The maximum absolute atomic E-state index is 12.4. The van der Waals surface area contributed by atoms with Crippen molar-refractivity contribution >= 4 is 64.1 Å². The summed E-state index contributed by atoms with van der Waals surface area (Å²) >= 11 is 24.3. The van der Waals surface area contributed by atoms with Crippen LogP contribution in [0, 0.1) is 11.3 Å². The largest absolute Gasteiger partial charge is 0.489 e. The zero-order valence-corrected chi connectivity index (χ0v) is 18.9. The normalized spacial score (nSPS) is 11.0. The maximum atomic E-state index is 12.4. The Hall–Kier alpha value is -2.68. The van der Waals surface area contributed by atoms with Gasteiger partial charge in [-0.1, -0.05) is 64.6 Å². The van der Waals surface area contributed by atoms with Gasteiger partial charge in [-0.25, -0.2) is 0 Å². The molecule has 0 spiro atoms. The number of nitriles is 1. The molecular formula is C23H14Cl4N2O2. The Kier molecular flexibility index (Phi) is 7.84. The zero-order chi connectivity index (χ0) is 22.4. The number of hydrogen-bond acceptors (Lipinski definition) is 3. The van der Waals surface area contributed by atoms with Crippen LogP contribution in [0.15, 0.2) is 66.2 Å². The lowest BCUT2D eigenvalue weighted by atomic mass is 10.1. The Morgan fingerprint density at radius 1 is 0.968 bits per heavy atom. The van der Waals surface area contributed by atoms with Crippen molar-refractivity contribution in [3.8, 4) is 11.8 Å². The van der Waals surface area contributed by atoms with Gasteiger partial charge in [-0.15, -0.1) is 0 Å². The summed E-state index contributed by atoms with van der Waals surface area (Å²) in [6, 6.07) is 18.7. The first-order valence-electron chi connectivity index (χ1n) is 8.91. The second-order valence-corrected chi connectivity index (χ2v) is 7.96. The predicted molar refractivity (Wildman–Crippen MR) is 126 cm³/mol. The minimum atomic E-state index is -0.597. The van der Waals surface area contributed by atoms with E-state index in [1.807, 2.05) is 6.07 Å². The predicted octanol–water partition coefficient (Wildman–Crippen LogP) is 7.42. The standard InChI is InChI=1S/C23H14Cl4N2O2/c24-16-6-9-21(27)22(11-16)29-23(30)15(12-28)10-14-4-7-17(8-5-14)31-13-18-19(25)2-1-3-20(18)26/h1-11H,13H2,(H,29,30)/b15-10+. The fourth-order valence-electron chi connectivity index (χ4n) is 2.58. The lowest BCUT2D eigenvalue weighted by molar-refractivity contribution is -0.112. The van der Waals surface area contributed by atoms with Crippen LogP contribution in [0.25, 0.3) is 6.08 Å². The van der Waals surface area contributed by atoms with Gasteiger partial charge in [-0.3, -0.25) is 4.79 Å². The highest BCUT2D eigenvalue weighted by Crippen LogP contribution is 2.27. The summed E-state index contributed by atoms with van der Waals surface area (Å²) < 4.78 is 5.73. The lowest BCUT2D eigenvalue weighted by Crippen LogP contribution is -2.13. The SMILES string of the molecule is N#C/C(=C\c1ccc(OCc2c(Cl)cccc2Cl)cc1)C(=O)Nc1cc(Cl)ccc1Cl. The van der Waals surface area contributed by atoms with Crippen LogP contribution in [-0.4, -0.2) is 5.91 Å². The summed E-state index contributed by atoms with van der Waals surface area (Å²) in [5.74, 6) is -0.0119. The summed E-state index contributed by atoms with van der Waals surface area (Å²) in [4.78, 5) is 12.4. The van der Waals surface area contributed by atoms with Crippen molar-refractivity contribution in [3.05, 3.63) is 97.5 Å². The van der Waals surface area contributed by atoms with Crippen molar-refractivity contribution in [3.63, 3.8) is 0 Å². The molecule has 8 heteroatoms. The van der Waals surface area contributed by atoms with Gasteiger partial charge in [0, 0.05) is 20.6 Å². The third-order valence-corrected chi connectivity index (χ3v) is 5.45. The van der Waals surface area contributed by atoms with Gasteiger partial charge in [-0.2, -0.15) is 5.26 Å². The lowest BCUT2D eigenvalue weighted by Gasteiger charge is -2.10. The van der Waals surface area contributed by atoms with Gasteiger partial charge in [0.15, 0.2) is 0 Å². The summed E-state index contributed by atoms with van der Waals surface area (Å²) in [6.45, 7) is 0.208. The fraction of sp³-hybridized carbons (Fsp3) is 0.0435. The van der Waals surface area contributed by atoms with Gasteiger partial charge in [0.2, 0.25) is 0 Å². The summed E-state index contributed by atoms with van der Waals surface area (Å²) in [6.07, 6.45) is 1.46. The highest BCUT2D eigenvalue weighted by atomic mass is 35.5. The summed E-state index contributed by atoms with van der Waals surface area (Å²) in [5.41, 5.74) is 1.57. The van der Waals surface area contributed by atoms with Gasteiger partial charge < -0.3 is 10.1 Å². The Bertz CT molecular complexity index is 1160. The highest BCUT2D eigenvalue weighted by Gasteiger charge is 2.12. The van der Waals surface area contributed by atoms with Crippen LogP contribution in [-0.2, 0) is 11.4 Å². The maximum Gasteiger partial charge on any atom is 0.266 e. The van der Waals surface area contributed by atoms with Crippen LogP contribution >= 0.6 is 46.4 Å². The van der Waals surface area contributed by atoms with E-state index in [4.69, 9.17) is 51.1 Å². The molecule has 1 N–H and O–H groups in total. The number of nitrogens with one attached hydrogen (secondary N) is 1. The van der Waals surface area contributed by atoms with E-state index >= 15 is 0 Å². The average Bonchev–Trinajstić information content (AvgIpc) is 2.75. The molecule has 4 nitrogen and oxygen atoms in total. The number of anilines is 1. The first kappa shape index (κ1) is 23.0. The molecular weight excluding hydrogens is 478 g/mol. The molecule has 3 rings (SSSR count). The number of amides is 1. The van der Waals surface area contributed by atoms with Crippen LogP contribution in [0.5, 0.6) is 5.75 Å². The number of halogens is 4. The van der Waals surface area contributed by atoms with Gasteiger partial charge >= 0.3 is 0 Å². The van der Waals surface area contributed by atoms with Crippen LogP contribution < -0.4 is 10.1 Å². The van der Waals surface area contributed by atoms with E-state index in [2.05, 4.69) is 5.32 Å². The molecule has 3 aromatic carbocycles. The molecule has 0 aliphatic heterocycles. The van der Waals surface area contributed by atoms with Gasteiger partial charge in [0.25, 0.3) is 5.91 Å². The molecule has 0 saturated carbocycles. The highest BCUT2D eigenvalue weighted by molar-refractivity contribution is 6.36. The molecule has 0 unspecified atom stereocenters. The second kappa shape index (κ2) is 10.6. The first-order valence-corrected chi connectivity index (χ1v) is 10.4. The Morgan fingerprint density at radius 2 is 1.65 bits per heavy atom. The Morgan fingerprint density at radius 3 is 2.29 bits per heavy atom. The van der Waals surface area contributed by atoms with E-state index in [9.17, 15) is 10.1 Å². The average molecular weight is 492 g/mol. The molecule has 0 atom stereocenters. The molecule has 0 fully saturated rings. The summed E-state index contributed by atoms with van der Waals surface area (Å²) in [5, 5.41) is 13.8. The van der Waals surface area contributed by atoms with Crippen LogP contribution in [0.2, 0.25) is 20.1 Å². The van der Waals surface area contributed by atoms with Gasteiger partial charge in [0.05, 0.1) is 10.7 Å². The van der Waals surface area contributed by atoms with E-state index < -0.39 is 5.91 Å². The molecule has 3 aromatic rings. The van der Waals surface area contributed by atoms with Crippen LogP contribution in [0.4, 0.5) is 5.69 Å². The number of benzene rings is 3. The fourth-order valence-corrected chi connectivity index (χ4v) is 3.43. The molecule has 0 aliphatic rings. The Balaban J connectivity index is 1.69. The van der Waals surface area contributed by atoms with Crippen molar-refractivity contribution in [2.75, 3.05) is 5.32 Å². The van der Waals surface area contributed by atoms with E-state index in [1.54, 1.807) is 54.6 Å². The molecule has 0 aliphatic carbocycles. The molecule has 1 amide bonds. The molecule has 31 heavy (non-hydrogen) atoms. The first-order chi connectivity index (χ1) is 14.9. The minimum absolute atomic E-state index is 0.0902. The third-order valence-electron chi connectivity index (χ3n) is 4.18. The van der Waals surface area contributed by atoms with Crippen molar-refractivity contribution in [1.29, 1.82) is 5.26 Å². The monoisotopic (exact) mass is 490 g/mol. The minimum Gasteiger partial charge on any atom is -0.489 e. The molecule has 0 radical (unpaired) electrons. The third kappa shape index (κ3) is 6.16. The smallest absolute Gasteiger partial charge is 0.266 e. The molecule has 156 valence electrons. The topological polar surface area (TPSA) is 62.1 Å². The van der Waals surface area contributed by atoms with Crippen LogP contribution in [0.1, 0.15) is 11.1 Å². The van der Waals surface area contributed by atoms with Crippen molar-refractivity contribution in [2.45, 2.75) is 6.61 Å². The van der Waals surface area contributed by atoms with E-state index in [-0.39, 0.29) is 12.2 Å². The van der Waals surface area contributed by atoms with Crippen molar-refractivity contribution < 1.29 is 9.53 Å².